The third-order valence-corrected chi connectivity index (χ3v) is 3.27. The first-order valence-electron chi connectivity index (χ1n) is 6.34. The van der Waals surface area contributed by atoms with Gasteiger partial charge in [-0.3, -0.25) is 0 Å². The molecule has 3 heteroatoms. The van der Waals surface area contributed by atoms with E-state index in [0.29, 0.717) is 0 Å². The molecule has 0 aliphatic rings. The first kappa shape index (κ1) is 14.4. The van der Waals surface area contributed by atoms with Crippen molar-refractivity contribution in [2.24, 2.45) is 5.73 Å². The molecule has 0 fully saturated rings. The predicted octanol–water partition coefficient (Wildman–Crippen LogP) is 3.06. The zero-order valence-electron chi connectivity index (χ0n) is 10.6. The molecule has 2 nitrogen and oxygen atoms in total. The Morgan fingerprint density at radius 1 is 1.24 bits per heavy atom. The highest BCUT2D eigenvalue weighted by molar-refractivity contribution is 7.80. The lowest BCUT2D eigenvalue weighted by Gasteiger charge is -2.09. The van der Waals surface area contributed by atoms with Crippen LogP contribution in [0.4, 0.5) is 0 Å². The van der Waals surface area contributed by atoms with Crippen LogP contribution in [-0.2, 0) is 6.42 Å². The fourth-order valence-corrected chi connectivity index (χ4v) is 1.79. The van der Waals surface area contributed by atoms with E-state index in [9.17, 15) is 0 Å². The van der Waals surface area contributed by atoms with Gasteiger partial charge in [-0.2, -0.15) is 12.6 Å². The Labute approximate surface area is 110 Å². The Morgan fingerprint density at radius 3 is 2.53 bits per heavy atom. The second-order valence-electron chi connectivity index (χ2n) is 4.28. The van der Waals surface area contributed by atoms with E-state index >= 15 is 0 Å². The molecule has 0 aromatic heterocycles. The molecule has 0 bridgehead atoms. The van der Waals surface area contributed by atoms with Crippen LogP contribution in [0.15, 0.2) is 24.3 Å². The van der Waals surface area contributed by atoms with Crippen molar-refractivity contribution in [1.29, 1.82) is 0 Å². The second-order valence-corrected chi connectivity index (χ2v) is 4.65. The monoisotopic (exact) mass is 253 g/mol. The molecule has 0 heterocycles. The summed E-state index contributed by atoms with van der Waals surface area (Å²) in [5, 5.41) is 0. The Morgan fingerprint density at radius 2 is 1.94 bits per heavy atom. The summed E-state index contributed by atoms with van der Waals surface area (Å²) >= 11 is 4.16. The van der Waals surface area contributed by atoms with E-state index in [-0.39, 0.29) is 6.04 Å². The standard InChI is InChI=1S/C14H23NOS/c1-2-12-6-8-14(9-7-12)16-10-4-3-5-13(15)11-17/h6-9,13,17H,2-5,10-11,15H2,1H3. The highest BCUT2D eigenvalue weighted by Crippen LogP contribution is 2.13. The van der Waals surface area contributed by atoms with Gasteiger partial charge in [-0.15, -0.1) is 0 Å². The van der Waals surface area contributed by atoms with Crippen LogP contribution in [0.1, 0.15) is 31.7 Å². The molecule has 0 aliphatic heterocycles. The summed E-state index contributed by atoms with van der Waals surface area (Å²) in [5.41, 5.74) is 7.13. The van der Waals surface area contributed by atoms with E-state index in [1.54, 1.807) is 0 Å². The van der Waals surface area contributed by atoms with E-state index < -0.39 is 0 Å². The average Bonchev–Trinajstić information content (AvgIpc) is 2.38. The molecule has 1 atom stereocenters. The van der Waals surface area contributed by atoms with Crippen LogP contribution >= 0.6 is 12.6 Å². The molecule has 96 valence electrons. The zero-order chi connectivity index (χ0) is 12.5. The van der Waals surface area contributed by atoms with Gasteiger partial charge in [0.15, 0.2) is 0 Å². The number of unbranched alkanes of at least 4 members (excludes halogenated alkanes) is 1. The van der Waals surface area contributed by atoms with Gasteiger partial charge in [-0.05, 0) is 43.4 Å². The van der Waals surface area contributed by atoms with Gasteiger partial charge < -0.3 is 10.5 Å². The molecule has 0 amide bonds. The van der Waals surface area contributed by atoms with E-state index in [4.69, 9.17) is 10.5 Å². The van der Waals surface area contributed by atoms with Crippen LogP contribution in [-0.4, -0.2) is 18.4 Å². The maximum atomic E-state index is 5.78. The number of aryl methyl sites for hydroxylation is 1. The molecule has 0 spiro atoms. The minimum atomic E-state index is 0.224. The maximum Gasteiger partial charge on any atom is 0.119 e. The van der Waals surface area contributed by atoms with E-state index in [0.717, 1.165) is 43.8 Å². The van der Waals surface area contributed by atoms with Crippen LogP contribution in [0.5, 0.6) is 5.75 Å². The Hall–Kier alpha value is -0.670. The molecule has 1 rings (SSSR count). The topological polar surface area (TPSA) is 35.2 Å². The highest BCUT2D eigenvalue weighted by atomic mass is 32.1. The van der Waals surface area contributed by atoms with Crippen LogP contribution in [0.25, 0.3) is 0 Å². The normalized spacial score (nSPS) is 12.4. The quantitative estimate of drug-likeness (QED) is 0.552. The zero-order valence-corrected chi connectivity index (χ0v) is 11.5. The first-order chi connectivity index (χ1) is 8.26. The minimum absolute atomic E-state index is 0.224. The number of benzene rings is 1. The summed E-state index contributed by atoms with van der Waals surface area (Å²) in [7, 11) is 0. The Bertz CT molecular complexity index is 300. The van der Waals surface area contributed by atoms with E-state index in [1.165, 1.54) is 5.56 Å². The predicted molar refractivity (Wildman–Crippen MR) is 77.0 cm³/mol. The van der Waals surface area contributed by atoms with Crippen molar-refractivity contribution in [2.75, 3.05) is 12.4 Å². The average molecular weight is 253 g/mol. The molecule has 1 aromatic rings. The summed E-state index contributed by atoms with van der Waals surface area (Å²) in [6.07, 6.45) is 4.26. The largest absolute Gasteiger partial charge is 0.494 e. The van der Waals surface area contributed by atoms with Gasteiger partial charge in [0.25, 0.3) is 0 Å². The first-order valence-corrected chi connectivity index (χ1v) is 6.97. The van der Waals surface area contributed by atoms with Crippen molar-refractivity contribution >= 4 is 12.6 Å². The summed E-state index contributed by atoms with van der Waals surface area (Å²) in [6.45, 7) is 2.92. The number of hydrogen-bond acceptors (Lipinski definition) is 3. The summed E-state index contributed by atoms with van der Waals surface area (Å²) < 4.78 is 5.66. The van der Waals surface area contributed by atoms with E-state index in [1.807, 2.05) is 12.1 Å². The molecule has 17 heavy (non-hydrogen) atoms. The van der Waals surface area contributed by atoms with Gasteiger partial charge in [-0.25, -0.2) is 0 Å². The van der Waals surface area contributed by atoms with Gasteiger partial charge in [0.2, 0.25) is 0 Å². The molecule has 0 saturated heterocycles. The number of nitrogens with two attached hydrogens (primary N) is 1. The van der Waals surface area contributed by atoms with Crippen molar-refractivity contribution in [3.63, 3.8) is 0 Å². The lowest BCUT2D eigenvalue weighted by atomic mass is 10.1. The van der Waals surface area contributed by atoms with E-state index in [2.05, 4.69) is 31.7 Å². The van der Waals surface area contributed by atoms with Gasteiger partial charge >= 0.3 is 0 Å². The number of rotatable bonds is 8. The fraction of sp³-hybridized carbons (Fsp3) is 0.571. The molecule has 0 radical (unpaired) electrons. The molecule has 0 aliphatic carbocycles. The van der Waals surface area contributed by atoms with Gasteiger partial charge in [0, 0.05) is 11.8 Å². The fourth-order valence-electron chi connectivity index (χ4n) is 1.61. The lowest BCUT2D eigenvalue weighted by molar-refractivity contribution is 0.304. The van der Waals surface area contributed by atoms with Gasteiger partial charge in [-0.1, -0.05) is 19.1 Å². The van der Waals surface area contributed by atoms with Gasteiger partial charge in [0.1, 0.15) is 5.75 Å². The van der Waals surface area contributed by atoms with Crippen LogP contribution in [0.3, 0.4) is 0 Å². The highest BCUT2D eigenvalue weighted by Gasteiger charge is 1.99. The van der Waals surface area contributed by atoms with Crippen LogP contribution in [0, 0.1) is 0 Å². The molecule has 1 aromatic carbocycles. The smallest absolute Gasteiger partial charge is 0.119 e. The van der Waals surface area contributed by atoms with Crippen molar-refractivity contribution in [3.05, 3.63) is 29.8 Å². The summed E-state index contributed by atoms with van der Waals surface area (Å²) in [6, 6.07) is 8.54. The molecule has 0 saturated carbocycles. The van der Waals surface area contributed by atoms with Crippen molar-refractivity contribution in [2.45, 2.75) is 38.6 Å². The second kappa shape index (κ2) is 8.43. The molecule has 2 N–H and O–H groups in total. The van der Waals surface area contributed by atoms with Crippen LogP contribution < -0.4 is 10.5 Å². The third kappa shape index (κ3) is 5.99. The third-order valence-electron chi connectivity index (χ3n) is 2.80. The Balaban J connectivity index is 2.13. The summed E-state index contributed by atoms with van der Waals surface area (Å²) in [4.78, 5) is 0. The molecule has 1 unspecified atom stereocenters. The molecular weight excluding hydrogens is 230 g/mol. The number of hydrogen-bond donors (Lipinski definition) is 2. The van der Waals surface area contributed by atoms with Crippen molar-refractivity contribution in [3.8, 4) is 5.75 Å². The SMILES string of the molecule is CCc1ccc(OCCCCC(N)CS)cc1. The van der Waals surface area contributed by atoms with Crippen LogP contribution in [0.2, 0.25) is 0 Å². The van der Waals surface area contributed by atoms with Crippen molar-refractivity contribution in [1.82, 2.24) is 0 Å². The summed E-state index contributed by atoms with van der Waals surface area (Å²) in [5.74, 6) is 1.72. The lowest BCUT2D eigenvalue weighted by Crippen LogP contribution is -2.21. The molecular formula is C14H23NOS. The number of ether oxygens (including phenoxy) is 1. The van der Waals surface area contributed by atoms with Crippen molar-refractivity contribution < 1.29 is 4.74 Å². The van der Waals surface area contributed by atoms with Gasteiger partial charge in [0.05, 0.1) is 6.61 Å². The Kier molecular flexibility index (Phi) is 7.13. The maximum absolute atomic E-state index is 5.78. The minimum Gasteiger partial charge on any atom is -0.494 e. The number of thiol groups is 1.